The van der Waals surface area contributed by atoms with E-state index in [1.807, 2.05) is 0 Å². The lowest BCUT2D eigenvalue weighted by Gasteiger charge is -2.28. The summed E-state index contributed by atoms with van der Waals surface area (Å²) < 4.78 is 88.9. The highest BCUT2D eigenvalue weighted by Gasteiger charge is 2.58. The first-order valence-corrected chi connectivity index (χ1v) is 45.0. The van der Waals surface area contributed by atoms with E-state index in [4.69, 9.17) is 143 Å². The Bertz CT molecular complexity index is 2570. The standard InChI is InChI=1S/C16H33NO2.C8H17NO2.C6H13NO2.C4H13NO7P2.C3H8NO6P.C3H7NO2.C2H8NO4P.C2H8NO3P.C2H5NO2.C2H8O7P2.CH6NO3P/c1-2-3-4-5-6-7-8-9-10-11-12-13-14-15-17-16(18)19;1-2-3-4-5-6-7-9-8(10)11;1-2-3-4-5-7-6(8)9;5-3-1-2-4(6,13(7,8)9)14(10,11)12;4-2(3(5)6)1-10-11(7,8)9;4-2-1-3(5)6;3-1-2-7-8(4,5)6;1-2(3)7(4,5)6;3-1-2(4)5;1-2(3,10(4,5)6)11(7,8)9;2-1-6(3,4)5/h17H,2-15H2,1H3,(H,18,19);9H,2-7H2,1H3,(H,10,11);7H,2-5H2,1H3,(H,8,9);6H,1-3,5H2,(H2,7,8,9)(H2,10,11,12);2H,1,4H2,(H,5,6)(H2,7,8,9);1-2,4H2,(H,5,6);1-3H2,(H2,4,5,6);2H,3H2,1H3,(H2,4,5,6);1,3H2,(H,4,5);3H,1H3,(H2,4,5,6)(H2,7,8,9);1-2H2,(H2,3,4,5). The lowest BCUT2D eigenvalue weighted by Crippen LogP contribution is -2.34. The average molecular weight is 1740 g/mol. The molecule has 0 aliphatic rings. The summed E-state index contributed by atoms with van der Waals surface area (Å²) in [6, 6.07) is -1.41. The third kappa shape index (κ3) is 112. The Morgan fingerprint density at radius 2 is 0.673 bits per heavy atom. The molecule has 0 bridgehead atoms. The number of aliphatic carboxylic acids is 3. The number of nitrogens with one attached hydrogen (secondary N) is 3. The van der Waals surface area contributed by atoms with Crippen LogP contribution >= 0.6 is 61.2 Å². The largest absolute Gasteiger partial charge is 0.481 e. The van der Waals surface area contributed by atoms with Crippen LogP contribution in [0.4, 0.5) is 14.4 Å². The van der Waals surface area contributed by atoms with Crippen molar-refractivity contribution in [3.8, 4) is 0 Å². The maximum atomic E-state index is 10.7. The molecular formula is C49H126N10O40P8. The Morgan fingerprint density at radius 1 is 0.411 bits per heavy atom. The van der Waals surface area contributed by atoms with Crippen LogP contribution < -0.4 is 56.1 Å². The number of unbranched alkanes of at least 4 members (excludes halogenated alkanes) is 18. The van der Waals surface area contributed by atoms with Crippen molar-refractivity contribution in [2.45, 2.75) is 211 Å². The number of hydrogen-bond donors (Lipinski definition) is 34. The molecule has 3 amide bonds. The van der Waals surface area contributed by atoms with Gasteiger partial charge in [0.15, 0.2) is 0 Å². The van der Waals surface area contributed by atoms with E-state index < -0.39 is 139 Å². The van der Waals surface area contributed by atoms with Gasteiger partial charge in [-0.15, -0.1) is 0 Å². The van der Waals surface area contributed by atoms with Gasteiger partial charge in [-0.05, 0) is 46.1 Å². The van der Waals surface area contributed by atoms with Crippen molar-refractivity contribution in [3.63, 3.8) is 0 Å². The molecule has 0 radical (unpaired) electrons. The van der Waals surface area contributed by atoms with Crippen molar-refractivity contribution >= 4 is 97.4 Å². The molecular weight excluding hydrogens is 1620 g/mol. The second kappa shape index (κ2) is 74.4. The number of phosphoric acid groups is 2. The highest BCUT2D eigenvalue weighted by atomic mass is 31.2. The van der Waals surface area contributed by atoms with E-state index in [1.54, 1.807) is 0 Å². The number of carboxylic acids is 3. The fraction of sp³-hybridized carbons (Fsp3) is 0.878. The van der Waals surface area contributed by atoms with Gasteiger partial charge in [0.25, 0.3) is 10.2 Å². The van der Waals surface area contributed by atoms with E-state index in [1.165, 1.54) is 96.8 Å². The Hall–Kier alpha value is -3.02. The Kier molecular flexibility index (Phi) is 88.7. The van der Waals surface area contributed by atoms with Crippen LogP contribution in [0, 0.1) is 0 Å². The zero-order chi connectivity index (χ0) is 87.2. The minimum Gasteiger partial charge on any atom is -0.481 e. The van der Waals surface area contributed by atoms with Gasteiger partial charge >= 0.3 is 97.4 Å². The summed E-state index contributed by atoms with van der Waals surface area (Å²) in [5, 5.41) is 66.6. The summed E-state index contributed by atoms with van der Waals surface area (Å²) in [7, 11) is -37.7. The van der Waals surface area contributed by atoms with Crippen molar-refractivity contribution in [1.82, 2.24) is 16.0 Å². The molecule has 41 N–H and O–H groups in total. The molecule has 0 aromatic rings. The minimum atomic E-state index is -5.30. The molecule has 2 unspecified atom stereocenters. The molecule has 50 nitrogen and oxygen atoms in total. The Morgan fingerprint density at radius 3 is 0.822 bits per heavy atom. The third-order valence-corrected chi connectivity index (χ3v) is 21.5. The maximum Gasteiger partial charge on any atom is 0.469 e. The van der Waals surface area contributed by atoms with Crippen LogP contribution in [0.2, 0.25) is 0 Å². The quantitative estimate of drug-likeness (QED) is 0.0302. The first kappa shape index (κ1) is 128. The van der Waals surface area contributed by atoms with Crippen LogP contribution in [-0.2, 0) is 60.0 Å². The molecule has 0 rings (SSSR count). The number of phosphoric ester groups is 2. The molecule has 0 saturated carbocycles. The van der Waals surface area contributed by atoms with Gasteiger partial charge in [-0.25, -0.2) is 23.5 Å². The Labute approximate surface area is 620 Å². The van der Waals surface area contributed by atoms with Crippen LogP contribution in [0.3, 0.4) is 0 Å². The second-order valence-electron chi connectivity index (χ2n) is 21.4. The minimum absolute atomic E-state index is 0.0394. The molecule has 0 spiro atoms. The predicted molar refractivity (Wildman–Crippen MR) is 390 cm³/mol. The highest BCUT2D eigenvalue weighted by Crippen LogP contribution is 2.69. The van der Waals surface area contributed by atoms with Gasteiger partial charge in [0.05, 0.1) is 32.5 Å². The highest BCUT2D eigenvalue weighted by molar-refractivity contribution is 7.72. The fourth-order valence-electron chi connectivity index (χ4n) is 5.35. The topological polar surface area (TPSA) is 961 Å². The number of nitrogens with two attached hydrogens (primary N) is 7. The summed E-state index contributed by atoms with van der Waals surface area (Å²) in [5.74, 6) is -4.21. The zero-order valence-corrected chi connectivity index (χ0v) is 67.7. The van der Waals surface area contributed by atoms with Gasteiger partial charge in [0.1, 0.15) is 11.8 Å². The number of rotatable bonds is 43. The zero-order valence-electron chi connectivity index (χ0n) is 60.6. The summed E-state index contributed by atoms with van der Waals surface area (Å²) in [5.41, 5.74) is 33.5. The summed E-state index contributed by atoms with van der Waals surface area (Å²) >= 11 is 0. The summed E-state index contributed by atoms with van der Waals surface area (Å²) in [6.07, 6.45) is 22.1. The van der Waals surface area contributed by atoms with Gasteiger partial charge in [-0.3, -0.25) is 50.8 Å². The van der Waals surface area contributed by atoms with E-state index in [0.29, 0.717) is 26.6 Å². The van der Waals surface area contributed by atoms with E-state index in [0.717, 1.165) is 44.9 Å². The summed E-state index contributed by atoms with van der Waals surface area (Å²) in [4.78, 5) is 190. The monoisotopic (exact) mass is 1740 g/mol. The van der Waals surface area contributed by atoms with Crippen LogP contribution in [0.15, 0.2) is 0 Å². The molecule has 0 aliphatic carbocycles. The molecule has 0 aromatic carbocycles. The van der Waals surface area contributed by atoms with Crippen molar-refractivity contribution < 1.29 is 193 Å². The van der Waals surface area contributed by atoms with Gasteiger partial charge in [0.2, 0.25) is 0 Å². The van der Waals surface area contributed by atoms with Crippen molar-refractivity contribution in [1.29, 1.82) is 0 Å². The molecule has 0 aliphatic heterocycles. The first-order valence-electron chi connectivity index (χ1n) is 32.1. The second-order valence-corrected chi connectivity index (χ2v) is 35.9. The number of amides is 3. The van der Waals surface area contributed by atoms with Gasteiger partial charge in [0, 0.05) is 39.1 Å². The maximum absolute atomic E-state index is 10.7. The van der Waals surface area contributed by atoms with Crippen molar-refractivity contribution in [2.75, 3.05) is 65.3 Å². The van der Waals surface area contributed by atoms with Crippen LogP contribution in [0.25, 0.3) is 0 Å². The van der Waals surface area contributed by atoms with Crippen LogP contribution in [0.5, 0.6) is 0 Å². The molecule has 0 saturated heterocycles. The predicted octanol–water partition coefficient (Wildman–Crippen LogP) is 1.31. The fourth-order valence-corrected chi connectivity index (χ4v) is 9.66. The Balaban J connectivity index is -0.000000107. The first-order chi connectivity index (χ1) is 48.3. The normalized spacial score (nSPS) is 12.0. The molecule has 0 aromatic heterocycles. The lowest BCUT2D eigenvalue weighted by atomic mass is 10.0. The van der Waals surface area contributed by atoms with Gasteiger partial charge < -0.3 is 175 Å². The SMILES string of the molecule is CC(N)P(=O)(O)O.CC(O)(P(=O)(O)O)P(=O)(O)O.CCCCCCCCCCCCCCCNC(=O)O.CCCCCCCNC(=O)O.CCCCCNC(=O)O.NC(COP(=O)(O)O)C(=O)O.NCC(=O)O.NCCC(=O)O.NCCCC(O)(P(=O)(O)O)P(=O)(O)O.NCCOP(=O)(O)O.NCP(=O)(O)O. The van der Waals surface area contributed by atoms with Crippen LogP contribution in [-0.4, -0.2) is 243 Å². The van der Waals surface area contributed by atoms with E-state index in [9.17, 15) is 70.4 Å². The molecule has 652 valence electrons. The molecule has 0 fully saturated rings. The van der Waals surface area contributed by atoms with E-state index in [2.05, 4.69) is 57.2 Å². The smallest absolute Gasteiger partial charge is 0.469 e. The van der Waals surface area contributed by atoms with Crippen molar-refractivity contribution in [2.24, 2.45) is 40.1 Å². The molecule has 0 heterocycles. The average Bonchev–Trinajstić information content (AvgIpc) is 0.786. The molecule has 2 atom stereocenters. The van der Waals surface area contributed by atoms with Gasteiger partial charge in [-0.1, -0.05) is 136 Å². The number of hydrogen-bond acceptors (Lipinski definition) is 25. The number of carbonyl (C=O) groups is 6. The van der Waals surface area contributed by atoms with E-state index >= 15 is 0 Å². The van der Waals surface area contributed by atoms with Gasteiger partial charge in [-0.2, -0.15) is 0 Å². The lowest BCUT2D eigenvalue weighted by molar-refractivity contribution is -0.139. The number of carboxylic acid groups (broad SMARTS) is 6. The number of aliphatic hydroxyl groups is 2. The summed E-state index contributed by atoms with van der Waals surface area (Å²) in [6.45, 7) is 9.16. The molecule has 58 heteroatoms. The van der Waals surface area contributed by atoms with Crippen molar-refractivity contribution in [3.05, 3.63) is 0 Å². The van der Waals surface area contributed by atoms with E-state index in [-0.39, 0.29) is 45.6 Å². The third-order valence-electron chi connectivity index (χ3n) is 11.3. The molecule has 107 heavy (non-hydrogen) atoms. The van der Waals surface area contributed by atoms with Crippen LogP contribution in [0.1, 0.15) is 189 Å².